The molecule has 0 saturated carbocycles. The van der Waals surface area contributed by atoms with E-state index in [-0.39, 0.29) is 30.8 Å². The molecule has 5 nitrogen and oxygen atoms in total. The van der Waals surface area contributed by atoms with Gasteiger partial charge in [-0.25, -0.2) is 0 Å². The fourth-order valence-corrected chi connectivity index (χ4v) is 2.15. The average Bonchev–Trinajstić information content (AvgIpc) is 2.37. The van der Waals surface area contributed by atoms with E-state index in [2.05, 4.69) is 5.32 Å². The summed E-state index contributed by atoms with van der Waals surface area (Å²) in [6.45, 7) is 5.81. The lowest BCUT2D eigenvalue weighted by atomic mass is 9.98. The highest BCUT2D eigenvalue weighted by atomic mass is 16.5. The van der Waals surface area contributed by atoms with Crippen LogP contribution >= 0.6 is 0 Å². The Hall–Kier alpha value is -1.88. The summed E-state index contributed by atoms with van der Waals surface area (Å²) in [5.41, 5.74) is 7.58. The van der Waals surface area contributed by atoms with Gasteiger partial charge < -0.3 is 15.8 Å². The molecule has 21 heavy (non-hydrogen) atoms. The van der Waals surface area contributed by atoms with Crippen LogP contribution in [0.5, 0.6) is 0 Å². The molecule has 1 aromatic rings. The third-order valence-corrected chi connectivity index (χ3v) is 3.08. The second kappa shape index (κ2) is 8.42. The molecule has 2 atom stereocenters. The van der Waals surface area contributed by atoms with Gasteiger partial charge in [0.2, 0.25) is 5.91 Å². The summed E-state index contributed by atoms with van der Waals surface area (Å²) in [5, 5.41) is 2.88. The van der Waals surface area contributed by atoms with Crippen LogP contribution in [0.1, 0.15) is 43.9 Å². The van der Waals surface area contributed by atoms with Gasteiger partial charge >= 0.3 is 5.97 Å². The first-order chi connectivity index (χ1) is 9.93. The van der Waals surface area contributed by atoms with Crippen molar-refractivity contribution >= 4 is 11.9 Å². The van der Waals surface area contributed by atoms with Gasteiger partial charge in [0.15, 0.2) is 0 Å². The summed E-state index contributed by atoms with van der Waals surface area (Å²) in [6, 6.07) is 7.06. The monoisotopic (exact) mass is 292 g/mol. The molecule has 5 heteroatoms. The topological polar surface area (TPSA) is 81.4 Å². The normalized spacial score (nSPS) is 13.3. The second-order valence-corrected chi connectivity index (χ2v) is 5.17. The van der Waals surface area contributed by atoms with Gasteiger partial charge in [-0.15, -0.1) is 0 Å². The van der Waals surface area contributed by atoms with Crippen molar-refractivity contribution in [1.29, 1.82) is 0 Å². The maximum atomic E-state index is 11.9. The molecule has 1 rings (SSSR count). The minimum absolute atomic E-state index is 0.114. The van der Waals surface area contributed by atoms with Crippen molar-refractivity contribution in [2.75, 3.05) is 6.61 Å². The van der Waals surface area contributed by atoms with Gasteiger partial charge in [0.05, 0.1) is 19.1 Å². The zero-order valence-electron chi connectivity index (χ0n) is 12.9. The van der Waals surface area contributed by atoms with Crippen molar-refractivity contribution in [3.8, 4) is 0 Å². The molecule has 0 aliphatic heterocycles. The van der Waals surface area contributed by atoms with Crippen molar-refractivity contribution < 1.29 is 14.3 Å². The molecule has 0 bridgehead atoms. The number of aryl methyl sites for hydroxylation is 1. The second-order valence-electron chi connectivity index (χ2n) is 5.17. The highest BCUT2D eigenvalue weighted by Crippen LogP contribution is 2.21. The van der Waals surface area contributed by atoms with Crippen molar-refractivity contribution in [2.24, 2.45) is 5.73 Å². The van der Waals surface area contributed by atoms with E-state index in [1.807, 2.05) is 31.2 Å². The van der Waals surface area contributed by atoms with Gasteiger partial charge in [-0.05, 0) is 31.9 Å². The number of amides is 1. The van der Waals surface area contributed by atoms with E-state index in [4.69, 9.17) is 10.5 Å². The summed E-state index contributed by atoms with van der Waals surface area (Å²) in [4.78, 5) is 23.7. The lowest BCUT2D eigenvalue weighted by molar-refractivity contribution is -0.143. The smallest absolute Gasteiger partial charge is 0.308 e. The summed E-state index contributed by atoms with van der Waals surface area (Å²) in [6.07, 6.45) is 0.342. The number of hydrogen-bond acceptors (Lipinski definition) is 4. The first kappa shape index (κ1) is 17.2. The molecular weight excluding hydrogens is 268 g/mol. The number of benzene rings is 1. The molecular formula is C16H24N2O3. The number of nitrogens with one attached hydrogen (secondary N) is 1. The van der Waals surface area contributed by atoms with Gasteiger partial charge in [0, 0.05) is 12.5 Å². The fourth-order valence-electron chi connectivity index (χ4n) is 2.15. The van der Waals surface area contributed by atoms with Crippen LogP contribution in [0.15, 0.2) is 24.3 Å². The van der Waals surface area contributed by atoms with Crippen LogP contribution in [0.4, 0.5) is 0 Å². The Morgan fingerprint density at radius 2 is 1.95 bits per heavy atom. The predicted octanol–water partition coefficient (Wildman–Crippen LogP) is 1.84. The van der Waals surface area contributed by atoms with E-state index < -0.39 is 6.04 Å². The first-order valence-corrected chi connectivity index (χ1v) is 7.20. The maximum absolute atomic E-state index is 11.9. The van der Waals surface area contributed by atoms with E-state index in [0.717, 1.165) is 11.1 Å². The van der Waals surface area contributed by atoms with Gasteiger partial charge in [-0.1, -0.05) is 24.3 Å². The molecule has 0 heterocycles. The van der Waals surface area contributed by atoms with Gasteiger partial charge in [-0.3, -0.25) is 9.59 Å². The number of carbonyl (C=O) groups is 2. The SMILES string of the molecule is CCOC(=O)CC(NC(=O)CC(C)N)c1ccccc1C. The third-order valence-electron chi connectivity index (χ3n) is 3.08. The Kier molecular flexibility index (Phi) is 6.88. The molecule has 1 amide bonds. The molecule has 0 aromatic heterocycles. The lowest BCUT2D eigenvalue weighted by Gasteiger charge is -2.21. The maximum Gasteiger partial charge on any atom is 0.308 e. The first-order valence-electron chi connectivity index (χ1n) is 7.20. The van der Waals surface area contributed by atoms with Crippen molar-refractivity contribution in [3.63, 3.8) is 0 Å². The van der Waals surface area contributed by atoms with Crippen LogP contribution in [-0.2, 0) is 14.3 Å². The van der Waals surface area contributed by atoms with Crippen molar-refractivity contribution in [1.82, 2.24) is 5.32 Å². The average molecular weight is 292 g/mol. The van der Waals surface area contributed by atoms with Crippen LogP contribution in [-0.4, -0.2) is 24.5 Å². The molecule has 0 aliphatic carbocycles. The molecule has 0 radical (unpaired) electrons. The minimum atomic E-state index is -0.392. The molecule has 3 N–H and O–H groups in total. The third kappa shape index (κ3) is 5.95. The van der Waals surface area contributed by atoms with E-state index >= 15 is 0 Å². The van der Waals surface area contributed by atoms with Crippen molar-refractivity contribution in [3.05, 3.63) is 35.4 Å². The minimum Gasteiger partial charge on any atom is -0.466 e. The van der Waals surface area contributed by atoms with E-state index in [1.165, 1.54) is 0 Å². The number of nitrogens with two attached hydrogens (primary N) is 1. The Morgan fingerprint density at radius 3 is 2.52 bits per heavy atom. The number of esters is 1. The van der Waals surface area contributed by atoms with E-state index in [0.29, 0.717) is 6.61 Å². The summed E-state index contributed by atoms with van der Waals surface area (Å²) >= 11 is 0. The van der Waals surface area contributed by atoms with Crippen LogP contribution in [0, 0.1) is 6.92 Å². The van der Waals surface area contributed by atoms with Gasteiger partial charge in [-0.2, -0.15) is 0 Å². The Morgan fingerprint density at radius 1 is 1.29 bits per heavy atom. The molecule has 0 aliphatic rings. The summed E-state index contributed by atoms with van der Waals surface area (Å²) in [5.74, 6) is -0.491. The Balaban J connectivity index is 2.87. The highest BCUT2D eigenvalue weighted by Gasteiger charge is 2.20. The van der Waals surface area contributed by atoms with E-state index in [9.17, 15) is 9.59 Å². The molecule has 0 saturated heterocycles. The van der Waals surface area contributed by atoms with Crippen molar-refractivity contribution in [2.45, 2.75) is 45.7 Å². The number of carbonyl (C=O) groups excluding carboxylic acids is 2. The Bertz CT molecular complexity index is 486. The summed E-state index contributed by atoms with van der Waals surface area (Å²) in [7, 11) is 0. The lowest BCUT2D eigenvalue weighted by Crippen LogP contribution is -2.34. The molecule has 0 fully saturated rings. The van der Waals surface area contributed by atoms with Crippen LogP contribution in [0.25, 0.3) is 0 Å². The number of hydrogen-bond donors (Lipinski definition) is 2. The van der Waals surface area contributed by atoms with Crippen LogP contribution in [0.2, 0.25) is 0 Å². The standard InChI is InChI=1S/C16H24N2O3/c1-4-21-16(20)10-14(18-15(19)9-12(3)17)13-8-6-5-7-11(13)2/h5-8,12,14H,4,9-10,17H2,1-3H3,(H,18,19). The molecule has 0 spiro atoms. The molecule has 116 valence electrons. The number of rotatable bonds is 7. The number of ether oxygens (including phenoxy) is 1. The van der Waals surface area contributed by atoms with Gasteiger partial charge in [0.25, 0.3) is 0 Å². The predicted molar refractivity (Wildman–Crippen MR) is 81.6 cm³/mol. The molecule has 2 unspecified atom stereocenters. The summed E-state index contributed by atoms with van der Waals surface area (Å²) < 4.78 is 4.98. The zero-order valence-corrected chi connectivity index (χ0v) is 12.9. The highest BCUT2D eigenvalue weighted by molar-refractivity contribution is 5.78. The van der Waals surface area contributed by atoms with Gasteiger partial charge in [0.1, 0.15) is 0 Å². The van der Waals surface area contributed by atoms with Crippen LogP contribution in [0.3, 0.4) is 0 Å². The molecule has 1 aromatic carbocycles. The van der Waals surface area contributed by atoms with Crippen LogP contribution < -0.4 is 11.1 Å². The van der Waals surface area contributed by atoms with E-state index in [1.54, 1.807) is 13.8 Å². The fraction of sp³-hybridized carbons (Fsp3) is 0.500. The largest absolute Gasteiger partial charge is 0.466 e. The quantitative estimate of drug-likeness (QED) is 0.751. The Labute approximate surface area is 125 Å². The zero-order chi connectivity index (χ0) is 15.8.